The van der Waals surface area contributed by atoms with Crippen molar-refractivity contribution in [2.24, 2.45) is 5.41 Å². The molecule has 1 unspecified atom stereocenters. The largest absolute Gasteiger partial charge is 0.465 e. The van der Waals surface area contributed by atoms with Crippen LogP contribution in [-0.4, -0.2) is 42.0 Å². The third-order valence-electron chi connectivity index (χ3n) is 2.99. The van der Waals surface area contributed by atoms with Crippen LogP contribution in [-0.2, 0) is 14.3 Å². The van der Waals surface area contributed by atoms with E-state index in [1.54, 1.807) is 31.2 Å². The Kier molecular flexibility index (Phi) is 7.45. The third kappa shape index (κ3) is 6.52. The average molecular weight is 328 g/mol. The van der Waals surface area contributed by atoms with Crippen molar-refractivity contribution in [3.05, 3.63) is 24.3 Å². The Balaban J connectivity index is 2.31. The number of esters is 2. The van der Waals surface area contributed by atoms with Gasteiger partial charge in [0.2, 0.25) is 0 Å². The van der Waals surface area contributed by atoms with Gasteiger partial charge in [-0.2, -0.15) is 0 Å². The Morgan fingerprint density at radius 1 is 1.09 bits per heavy atom. The molecule has 0 aromatic heterocycles. The molecule has 1 rings (SSSR count). The molecule has 0 bridgehead atoms. The van der Waals surface area contributed by atoms with Crippen LogP contribution in [0.2, 0.25) is 0 Å². The van der Waals surface area contributed by atoms with E-state index in [1.165, 1.54) is 0 Å². The molecule has 0 fully saturated rings. The van der Waals surface area contributed by atoms with E-state index in [4.69, 9.17) is 19.7 Å². The van der Waals surface area contributed by atoms with Crippen molar-refractivity contribution in [3.63, 3.8) is 0 Å². The van der Waals surface area contributed by atoms with Crippen molar-refractivity contribution in [3.8, 4) is 5.75 Å². The number of rotatable bonds is 8. The first kappa shape index (κ1) is 18.6. The molecule has 0 aliphatic carbocycles. The van der Waals surface area contributed by atoms with Crippen LogP contribution in [0.25, 0.3) is 0 Å². The Morgan fingerprint density at radius 2 is 1.64 bits per heavy atom. The number of carbonyl (C=O) groups excluding carboxylic acids is 2. The fourth-order valence-electron chi connectivity index (χ4n) is 1.39. The number of aliphatic hydroxyl groups is 2. The lowest BCUT2D eigenvalue weighted by Crippen LogP contribution is -2.32. The van der Waals surface area contributed by atoms with E-state index in [-0.39, 0.29) is 32.7 Å². The zero-order valence-corrected chi connectivity index (χ0v) is 13.6. The second-order valence-corrected chi connectivity index (χ2v) is 6.00. The molecule has 0 radical (unpaired) electrons. The van der Waals surface area contributed by atoms with E-state index in [1.807, 2.05) is 0 Å². The van der Waals surface area contributed by atoms with Gasteiger partial charge >= 0.3 is 11.9 Å². The summed E-state index contributed by atoms with van der Waals surface area (Å²) in [5, 5.41) is 19.1. The molecule has 6 nitrogen and oxygen atoms in total. The number of benzene rings is 1. The predicted octanol–water partition coefficient (Wildman–Crippen LogP) is 0.407. The molecule has 0 aliphatic heterocycles. The molecule has 0 saturated carbocycles. The molecule has 0 heterocycles. The lowest BCUT2D eigenvalue weighted by Gasteiger charge is -2.23. The fraction of sp³-hybridized carbons (Fsp3) is 0.467. The third-order valence-corrected chi connectivity index (χ3v) is 3.37. The fourth-order valence-corrected chi connectivity index (χ4v) is 1.58. The lowest BCUT2D eigenvalue weighted by atomic mass is 9.94. The van der Waals surface area contributed by atoms with Crippen LogP contribution < -0.4 is 10.0 Å². The molecule has 0 aliphatic rings. The second-order valence-electron chi connectivity index (χ2n) is 5.33. The normalized spacial score (nSPS) is 11.1. The summed E-state index contributed by atoms with van der Waals surface area (Å²) in [5.41, 5.74) is -0.879. The monoisotopic (exact) mass is 328 g/mol. The summed E-state index contributed by atoms with van der Waals surface area (Å²) in [4.78, 5) is 23.1. The molecule has 2 N–H and O–H groups in total. The average Bonchev–Trinajstić information content (AvgIpc) is 2.53. The Morgan fingerprint density at radius 3 is 2.18 bits per heavy atom. The first-order valence-electron chi connectivity index (χ1n) is 6.82. The lowest BCUT2D eigenvalue weighted by molar-refractivity contribution is -0.151. The summed E-state index contributed by atoms with van der Waals surface area (Å²) in [7, 11) is 2.52. The van der Waals surface area contributed by atoms with Gasteiger partial charge in [-0.15, -0.1) is 9.24 Å². The summed E-state index contributed by atoms with van der Waals surface area (Å²) < 4.78 is 10.0. The molecule has 0 amide bonds. The highest BCUT2D eigenvalue weighted by atomic mass is 31.0. The maximum absolute atomic E-state index is 11.6. The first-order valence-corrected chi connectivity index (χ1v) is 7.40. The van der Waals surface area contributed by atoms with Crippen LogP contribution in [0.5, 0.6) is 5.75 Å². The highest BCUT2D eigenvalue weighted by Gasteiger charge is 2.24. The van der Waals surface area contributed by atoms with Crippen LogP contribution in [0, 0.1) is 5.41 Å². The minimum Gasteiger partial charge on any atom is -0.465 e. The SMILES string of the molecule is CC(CO)(CO)COC(=O)CCC(=O)Oc1ccc(P)cc1. The quantitative estimate of drug-likeness (QED) is 0.408. The summed E-state index contributed by atoms with van der Waals surface area (Å²) in [6, 6.07) is 6.89. The molecule has 22 heavy (non-hydrogen) atoms. The summed E-state index contributed by atoms with van der Waals surface area (Å²) in [6.45, 7) is 0.878. The van der Waals surface area contributed by atoms with E-state index in [9.17, 15) is 9.59 Å². The molecule has 0 saturated heterocycles. The topological polar surface area (TPSA) is 93.1 Å². The standard InChI is InChI=1S/C15H21O6P/c1-15(8-16,9-17)10-20-13(18)6-7-14(19)21-11-2-4-12(22)5-3-11/h2-5,16-17H,6-10,22H2,1H3. The first-order chi connectivity index (χ1) is 10.4. The van der Waals surface area contributed by atoms with Crippen molar-refractivity contribution in [1.82, 2.24) is 0 Å². The zero-order chi connectivity index (χ0) is 16.6. The Labute approximate surface area is 131 Å². The molecule has 7 heteroatoms. The number of hydrogen-bond donors (Lipinski definition) is 2. The van der Waals surface area contributed by atoms with Crippen molar-refractivity contribution < 1.29 is 29.3 Å². The van der Waals surface area contributed by atoms with Crippen LogP contribution in [0.15, 0.2) is 24.3 Å². The van der Waals surface area contributed by atoms with E-state index in [0.717, 1.165) is 5.30 Å². The molecule has 1 aromatic carbocycles. The Bertz CT molecular complexity index is 495. The number of hydrogen-bond acceptors (Lipinski definition) is 6. The summed E-state index contributed by atoms with van der Waals surface area (Å²) >= 11 is 0. The highest BCUT2D eigenvalue weighted by molar-refractivity contribution is 7.27. The van der Waals surface area contributed by atoms with Crippen molar-refractivity contribution in [2.45, 2.75) is 19.8 Å². The Hall–Kier alpha value is -1.49. The predicted molar refractivity (Wildman–Crippen MR) is 83.9 cm³/mol. The van der Waals surface area contributed by atoms with Gasteiger partial charge in [-0.3, -0.25) is 9.59 Å². The van der Waals surface area contributed by atoms with Gasteiger partial charge < -0.3 is 19.7 Å². The van der Waals surface area contributed by atoms with Gasteiger partial charge in [0.1, 0.15) is 12.4 Å². The van der Waals surface area contributed by atoms with E-state index in [0.29, 0.717) is 5.75 Å². The van der Waals surface area contributed by atoms with Crippen LogP contribution >= 0.6 is 9.24 Å². The number of carbonyl (C=O) groups is 2. The van der Waals surface area contributed by atoms with Crippen molar-refractivity contribution in [1.29, 1.82) is 0 Å². The molecule has 1 atom stereocenters. The maximum atomic E-state index is 11.6. The molecular formula is C15H21O6P. The molecule has 122 valence electrons. The van der Waals surface area contributed by atoms with Crippen molar-refractivity contribution in [2.75, 3.05) is 19.8 Å². The minimum atomic E-state index is -0.879. The minimum absolute atomic E-state index is 0.101. The second kappa shape index (κ2) is 8.83. The molecular weight excluding hydrogens is 307 g/mol. The van der Waals surface area contributed by atoms with Gasteiger partial charge in [-0.25, -0.2) is 0 Å². The number of ether oxygens (including phenoxy) is 2. The van der Waals surface area contributed by atoms with Gasteiger partial charge in [0.15, 0.2) is 0 Å². The number of aliphatic hydroxyl groups excluding tert-OH is 2. The maximum Gasteiger partial charge on any atom is 0.311 e. The highest BCUT2D eigenvalue weighted by Crippen LogP contribution is 2.15. The van der Waals surface area contributed by atoms with E-state index in [2.05, 4.69) is 9.24 Å². The molecule has 1 aromatic rings. The smallest absolute Gasteiger partial charge is 0.311 e. The van der Waals surface area contributed by atoms with Crippen LogP contribution in [0.3, 0.4) is 0 Å². The van der Waals surface area contributed by atoms with Gasteiger partial charge in [0.25, 0.3) is 0 Å². The van der Waals surface area contributed by atoms with Gasteiger partial charge in [-0.1, -0.05) is 19.1 Å². The van der Waals surface area contributed by atoms with E-state index < -0.39 is 17.4 Å². The van der Waals surface area contributed by atoms with Crippen LogP contribution in [0.4, 0.5) is 0 Å². The summed E-state index contributed by atoms with van der Waals surface area (Å²) in [5.74, 6) is -0.691. The van der Waals surface area contributed by atoms with E-state index >= 15 is 0 Å². The molecule has 0 spiro atoms. The zero-order valence-electron chi connectivity index (χ0n) is 12.4. The van der Waals surface area contributed by atoms with Gasteiger partial charge in [-0.05, 0) is 17.4 Å². The van der Waals surface area contributed by atoms with Gasteiger partial charge in [0.05, 0.1) is 26.1 Å². The van der Waals surface area contributed by atoms with Crippen LogP contribution in [0.1, 0.15) is 19.8 Å². The van der Waals surface area contributed by atoms with Gasteiger partial charge in [0, 0.05) is 5.41 Å². The summed E-state index contributed by atoms with van der Waals surface area (Å²) in [6.07, 6.45) is -0.218. The van der Waals surface area contributed by atoms with Crippen molar-refractivity contribution >= 4 is 26.5 Å².